The molecule has 0 saturated carbocycles. The molecular formula is C13H13NO2S. The maximum atomic E-state index is 12.0. The van der Waals surface area contributed by atoms with Gasteiger partial charge in [0.05, 0.1) is 17.2 Å². The lowest BCUT2D eigenvalue weighted by atomic mass is 10.2. The van der Waals surface area contributed by atoms with Gasteiger partial charge in [0, 0.05) is 11.6 Å². The third-order valence-corrected chi connectivity index (χ3v) is 3.78. The summed E-state index contributed by atoms with van der Waals surface area (Å²) in [7, 11) is 0. The molecule has 1 heterocycles. The second-order valence-electron chi connectivity index (χ2n) is 3.84. The average Bonchev–Trinajstić information content (AvgIpc) is 2.29. The average molecular weight is 247 g/mol. The second kappa shape index (κ2) is 5.21. The SMILES string of the molecule is Cc1cccc(C[S+]([O-])c2cccc[n+]2[O-])c1. The summed E-state index contributed by atoms with van der Waals surface area (Å²) < 4.78 is 12.7. The van der Waals surface area contributed by atoms with Crippen LogP contribution in [0, 0.1) is 12.1 Å². The van der Waals surface area contributed by atoms with Crippen LogP contribution in [-0.4, -0.2) is 4.55 Å². The van der Waals surface area contributed by atoms with Gasteiger partial charge in [-0.15, -0.1) is 4.73 Å². The molecule has 0 saturated heterocycles. The van der Waals surface area contributed by atoms with Crippen LogP contribution in [0.2, 0.25) is 0 Å². The van der Waals surface area contributed by atoms with E-state index in [1.54, 1.807) is 18.2 Å². The van der Waals surface area contributed by atoms with Crippen molar-refractivity contribution >= 4 is 11.2 Å². The maximum absolute atomic E-state index is 12.0. The summed E-state index contributed by atoms with van der Waals surface area (Å²) in [5.74, 6) is 0.369. The Morgan fingerprint density at radius 3 is 2.71 bits per heavy atom. The van der Waals surface area contributed by atoms with Crippen molar-refractivity contribution in [3.05, 3.63) is 65.0 Å². The Labute approximate surface area is 103 Å². The van der Waals surface area contributed by atoms with Gasteiger partial charge < -0.3 is 9.76 Å². The molecule has 0 aliphatic rings. The summed E-state index contributed by atoms with van der Waals surface area (Å²) >= 11 is -1.30. The van der Waals surface area contributed by atoms with E-state index in [0.717, 1.165) is 11.1 Å². The molecule has 0 spiro atoms. The van der Waals surface area contributed by atoms with Crippen LogP contribution in [0.15, 0.2) is 53.7 Å². The van der Waals surface area contributed by atoms with Crippen LogP contribution in [0.1, 0.15) is 11.1 Å². The molecule has 0 amide bonds. The molecule has 17 heavy (non-hydrogen) atoms. The molecule has 4 heteroatoms. The fourth-order valence-corrected chi connectivity index (χ4v) is 2.74. The number of pyridine rings is 1. The Kier molecular flexibility index (Phi) is 3.66. The van der Waals surface area contributed by atoms with Gasteiger partial charge in [-0.05, 0) is 13.0 Å². The van der Waals surface area contributed by atoms with Crippen LogP contribution in [0.5, 0.6) is 0 Å². The summed E-state index contributed by atoms with van der Waals surface area (Å²) in [5, 5.41) is 11.7. The Morgan fingerprint density at radius 1 is 1.18 bits per heavy atom. The van der Waals surface area contributed by atoms with E-state index < -0.39 is 11.2 Å². The zero-order valence-corrected chi connectivity index (χ0v) is 10.3. The summed E-state index contributed by atoms with van der Waals surface area (Å²) in [4.78, 5) is 0. The van der Waals surface area contributed by atoms with E-state index in [0.29, 0.717) is 15.5 Å². The first-order valence-corrected chi connectivity index (χ1v) is 6.61. The fourth-order valence-electron chi connectivity index (χ4n) is 1.62. The second-order valence-corrected chi connectivity index (χ2v) is 5.24. The highest BCUT2D eigenvalue weighted by Crippen LogP contribution is 2.13. The van der Waals surface area contributed by atoms with E-state index in [2.05, 4.69) is 0 Å². The van der Waals surface area contributed by atoms with Gasteiger partial charge in [-0.25, -0.2) is 0 Å². The molecule has 1 aromatic heterocycles. The lowest BCUT2D eigenvalue weighted by molar-refractivity contribution is -0.646. The first kappa shape index (κ1) is 12.0. The molecule has 0 N–H and O–H groups in total. The minimum absolute atomic E-state index is 0.300. The highest BCUT2D eigenvalue weighted by Gasteiger charge is 2.20. The first-order valence-electron chi connectivity index (χ1n) is 5.29. The Bertz CT molecular complexity index is 516. The van der Waals surface area contributed by atoms with Crippen molar-refractivity contribution in [1.29, 1.82) is 0 Å². The highest BCUT2D eigenvalue weighted by atomic mass is 32.2. The molecule has 0 aliphatic heterocycles. The van der Waals surface area contributed by atoms with Crippen molar-refractivity contribution in [3.63, 3.8) is 0 Å². The van der Waals surface area contributed by atoms with E-state index in [1.807, 2.05) is 31.2 Å². The lowest BCUT2D eigenvalue weighted by Crippen LogP contribution is -2.33. The minimum atomic E-state index is -1.30. The third kappa shape index (κ3) is 2.99. The monoisotopic (exact) mass is 247 g/mol. The highest BCUT2D eigenvalue weighted by molar-refractivity contribution is 7.90. The van der Waals surface area contributed by atoms with Gasteiger partial charge in [-0.2, -0.15) is 0 Å². The Morgan fingerprint density at radius 2 is 2.00 bits per heavy atom. The molecule has 0 aliphatic carbocycles. The van der Waals surface area contributed by atoms with Gasteiger partial charge in [-0.3, -0.25) is 0 Å². The van der Waals surface area contributed by atoms with Crippen LogP contribution in [0.25, 0.3) is 0 Å². The van der Waals surface area contributed by atoms with Crippen LogP contribution in [-0.2, 0) is 16.9 Å². The number of benzene rings is 1. The van der Waals surface area contributed by atoms with E-state index in [4.69, 9.17) is 0 Å². The van der Waals surface area contributed by atoms with Gasteiger partial charge >= 0.3 is 5.03 Å². The summed E-state index contributed by atoms with van der Waals surface area (Å²) in [6.07, 6.45) is 1.36. The molecule has 0 radical (unpaired) electrons. The summed E-state index contributed by atoms with van der Waals surface area (Å²) in [6, 6.07) is 12.8. The van der Waals surface area contributed by atoms with Gasteiger partial charge in [0.1, 0.15) is 5.75 Å². The van der Waals surface area contributed by atoms with Gasteiger partial charge in [0.25, 0.3) is 0 Å². The van der Waals surface area contributed by atoms with Crippen molar-refractivity contribution in [2.75, 3.05) is 0 Å². The van der Waals surface area contributed by atoms with Crippen molar-refractivity contribution in [2.45, 2.75) is 17.7 Å². The zero-order valence-electron chi connectivity index (χ0n) is 9.50. The van der Waals surface area contributed by atoms with E-state index in [-0.39, 0.29) is 0 Å². The lowest BCUT2D eigenvalue weighted by Gasteiger charge is -2.09. The van der Waals surface area contributed by atoms with Crippen LogP contribution in [0.4, 0.5) is 0 Å². The molecule has 2 aromatic rings. The molecule has 1 atom stereocenters. The fraction of sp³-hybridized carbons (Fsp3) is 0.154. The topological polar surface area (TPSA) is 50.0 Å². The van der Waals surface area contributed by atoms with Crippen molar-refractivity contribution in [1.82, 2.24) is 0 Å². The maximum Gasteiger partial charge on any atom is 0.393 e. The number of rotatable bonds is 3. The predicted octanol–water partition coefficient (Wildman–Crippen LogP) is 1.94. The number of hydrogen-bond donors (Lipinski definition) is 0. The molecule has 2 rings (SSSR count). The van der Waals surface area contributed by atoms with Crippen molar-refractivity contribution < 1.29 is 9.28 Å². The standard InChI is InChI=1S/C13H13NO2S/c1-11-5-4-6-12(9-11)10-17(16)13-7-2-3-8-14(13)15/h2-9H,10H2,1H3. The number of hydrogen-bond acceptors (Lipinski definition) is 2. The Hall–Kier alpha value is -1.52. The van der Waals surface area contributed by atoms with E-state index in [9.17, 15) is 9.76 Å². The summed E-state index contributed by atoms with van der Waals surface area (Å²) in [5.41, 5.74) is 2.11. The van der Waals surface area contributed by atoms with E-state index >= 15 is 0 Å². The Balaban J connectivity index is 2.17. The van der Waals surface area contributed by atoms with Gasteiger partial charge in [-0.1, -0.05) is 29.8 Å². The van der Waals surface area contributed by atoms with Crippen LogP contribution < -0.4 is 4.73 Å². The molecule has 3 nitrogen and oxygen atoms in total. The number of aromatic nitrogens is 1. The van der Waals surface area contributed by atoms with Gasteiger partial charge in [0.2, 0.25) is 0 Å². The van der Waals surface area contributed by atoms with Crippen LogP contribution >= 0.6 is 0 Å². The molecule has 0 fully saturated rings. The molecular weight excluding hydrogens is 234 g/mol. The van der Waals surface area contributed by atoms with Crippen molar-refractivity contribution in [2.24, 2.45) is 0 Å². The normalized spacial score (nSPS) is 12.4. The first-order chi connectivity index (χ1) is 8.16. The largest absolute Gasteiger partial charge is 0.615 e. The number of nitrogens with zero attached hydrogens (tertiary/aromatic N) is 1. The third-order valence-electron chi connectivity index (χ3n) is 2.40. The van der Waals surface area contributed by atoms with E-state index in [1.165, 1.54) is 6.20 Å². The summed E-state index contributed by atoms with van der Waals surface area (Å²) in [6.45, 7) is 1.99. The minimum Gasteiger partial charge on any atom is -0.615 e. The van der Waals surface area contributed by atoms with Crippen LogP contribution in [0.3, 0.4) is 0 Å². The smallest absolute Gasteiger partial charge is 0.393 e. The molecule has 1 aromatic carbocycles. The molecule has 1 unspecified atom stereocenters. The zero-order chi connectivity index (χ0) is 12.3. The number of aryl methyl sites for hydroxylation is 1. The molecule has 88 valence electrons. The molecule has 0 bridgehead atoms. The van der Waals surface area contributed by atoms with Gasteiger partial charge in [0.15, 0.2) is 6.20 Å². The predicted molar refractivity (Wildman–Crippen MR) is 66.7 cm³/mol. The quantitative estimate of drug-likeness (QED) is 0.473. The van der Waals surface area contributed by atoms with Crippen molar-refractivity contribution in [3.8, 4) is 0 Å².